The van der Waals surface area contributed by atoms with E-state index in [9.17, 15) is 9.18 Å². The topological polar surface area (TPSA) is 50.8 Å². The fraction of sp³-hybridized carbons (Fsp3) is 0.360. The Hall–Kier alpha value is -2.93. The zero-order valence-corrected chi connectivity index (χ0v) is 19.1. The van der Waals surface area contributed by atoms with Gasteiger partial charge in [-0.25, -0.2) is 4.39 Å². The van der Waals surface area contributed by atoms with Crippen molar-refractivity contribution in [3.05, 3.63) is 70.7 Å². The Morgan fingerprint density at radius 1 is 1.09 bits per heavy atom. The first-order chi connectivity index (χ1) is 15.5. The highest BCUT2D eigenvalue weighted by Crippen LogP contribution is 2.40. The molecule has 0 aromatic heterocycles. The lowest BCUT2D eigenvalue weighted by molar-refractivity contribution is -0.116. The van der Waals surface area contributed by atoms with Crippen LogP contribution in [0, 0.1) is 5.82 Å². The van der Waals surface area contributed by atoms with Crippen LogP contribution in [0.25, 0.3) is 0 Å². The van der Waals surface area contributed by atoms with Crippen molar-refractivity contribution in [3.63, 3.8) is 0 Å². The average Bonchev–Trinajstić information content (AvgIpc) is 2.79. The number of halogens is 1. The molecule has 2 aromatic rings. The predicted octanol–water partition coefficient (Wildman–Crippen LogP) is 5.06. The average molecular weight is 455 g/mol. The number of Topliss-reactive ketones (excluding diaryl/α,β-unsaturated/α-hetero) is 1. The summed E-state index contributed by atoms with van der Waals surface area (Å²) in [4.78, 5) is 14.9. The number of nitrogens with one attached hydrogen (secondary N) is 1. The lowest BCUT2D eigenvalue weighted by Crippen LogP contribution is -2.49. The second-order valence-corrected chi connectivity index (χ2v) is 8.20. The van der Waals surface area contributed by atoms with Crippen molar-refractivity contribution in [2.75, 3.05) is 13.2 Å². The molecule has 1 unspecified atom stereocenters. The maximum atomic E-state index is 13.1. The van der Waals surface area contributed by atoms with Crippen LogP contribution in [-0.2, 0) is 11.4 Å². The number of nitrogens with zero attached hydrogens (tertiary/aromatic N) is 1. The van der Waals surface area contributed by atoms with Crippen LogP contribution in [0.1, 0.15) is 50.3 Å². The van der Waals surface area contributed by atoms with Gasteiger partial charge in [0.05, 0.1) is 12.6 Å². The Morgan fingerprint density at radius 2 is 1.88 bits per heavy atom. The molecule has 0 bridgehead atoms. The number of ether oxygens (including phenoxy) is 2. The second-order valence-electron chi connectivity index (χ2n) is 7.82. The van der Waals surface area contributed by atoms with Gasteiger partial charge in [0.15, 0.2) is 22.4 Å². The summed E-state index contributed by atoms with van der Waals surface area (Å²) in [5.74, 6) is 1.08. The van der Waals surface area contributed by atoms with E-state index in [1.54, 1.807) is 12.1 Å². The number of benzene rings is 2. The van der Waals surface area contributed by atoms with E-state index in [1.807, 2.05) is 36.9 Å². The third kappa shape index (κ3) is 4.48. The molecule has 7 heteroatoms. The number of thiocarbonyl (C=S) groups is 1. The van der Waals surface area contributed by atoms with Crippen LogP contribution in [-0.4, -0.2) is 28.9 Å². The molecule has 0 spiro atoms. The van der Waals surface area contributed by atoms with E-state index in [1.165, 1.54) is 12.1 Å². The summed E-state index contributed by atoms with van der Waals surface area (Å²) >= 11 is 5.61. The van der Waals surface area contributed by atoms with Gasteiger partial charge >= 0.3 is 0 Å². The van der Waals surface area contributed by atoms with E-state index in [4.69, 9.17) is 21.7 Å². The highest BCUT2D eigenvalue weighted by molar-refractivity contribution is 7.80. The molecule has 2 aromatic carbocycles. The summed E-state index contributed by atoms with van der Waals surface area (Å²) in [6.45, 7) is 5.45. The lowest BCUT2D eigenvalue weighted by atomic mass is 9.84. The van der Waals surface area contributed by atoms with Crippen molar-refractivity contribution in [1.82, 2.24) is 10.2 Å². The van der Waals surface area contributed by atoms with Gasteiger partial charge < -0.3 is 19.7 Å². The molecule has 4 rings (SSSR count). The highest BCUT2D eigenvalue weighted by Gasteiger charge is 2.36. The van der Waals surface area contributed by atoms with E-state index < -0.39 is 0 Å². The van der Waals surface area contributed by atoms with Crippen molar-refractivity contribution in [1.29, 1.82) is 0 Å². The van der Waals surface area contributed by atoms with Gasteiger partial charge in [0.2, 0.25) is 0 Å². The van der Waals surface area contributed by atoms with Crippen LogP contribution in [0.3, 0.4) is 0 Å². The molecular formula is C25H27FN2O3S. The Labute approximate surface area is 193 Å². The lowest BCUT2D eigenvalue weighted by Gasteiger charge is -2.40. The van der Waals surface area contributed by atoms with Gasteiger partial charge in [-0.3, -0.25) is 4.79 Å². The van der Waals surface area contributed by atoms with Gasteiger partial charge in [-0.2, -0.15) is 0 Å². The second kappa shape index (κ2) is 9.69. The van der Waals surface area contributed by atoms with Crippen LogP contribution < -0.4 is 14.8 Å². The third-order valence-corrected chi connectivity index (χ3v) is 6.12. The van der Waals surface area contributed by atoms with Crippen LogP contribution in [0.4, 0.5) is 4.39 Å². The number of rotatable bonds is 7. The minimum Gasteiger partial charge on any atom is -0.490 e. The minimum absolute atomic E-state index is 0.166. The standard InChI is InChI=1S/C25H27FN2O3S/c1-3-28-19-6-5-7-20(29)23(19)24(27-25(28)32)17-10-13-21(22(14-17)30-4-2)31-15-16-8-11-18(26)12-9-16/h8-14,24H,3-7,15H2,1-2H3,(H,27,32). The third-order valence-electron chi connectivity index (χ3n) is 5.78. The summed E-state index contributed by atoms with van der Waals surface area (Å²) in [7, 11) is 0. The molecule has 5 nitrogen and oxygen atoms in total. The fourth-order valence-electron chi connectivity index (χ4n) is 4.27. The van der Waals surface area contributed by atoms with Crippen molar-refractivity contribution in [3.8, 4) is 11.5 Å². The number of hydrogen-bond acceptors (Lipinski definition) is 4. The van der Waals surface area contributed by atoms with Crippen molar-refractivity contribution >= 4 is 23.1 Å². The fourth-order valence-corrected chi connectivity index (χ4v) is 4.63. The van der Waals surface area contributed by atoms with E-state index >= 15 is 0 Å². The number of carbonyl (C=O) groups is 1. The predicted molar refractivity (Wildman–Crippen MR) is 125 cm³/mol. The van der Waals surface area contributed by atoms with Gasteiger partial charge in [-0.1, -0.05) is 18.2 Å². The van der Waals surface area contributed by atoms with Crippen LogP contribution >= 0.6 is 12.2 Å². The molecule has 2 aliphatic rings. The number of carbonyl (C=O) groups excluding carboxylic acids is 1. The summed E-state index contributed by atoms with van der Waals surface area (Å²) in [6.07, 6.45) is 2.26. The molecule has 1 N–H and O–H groups in total. The molecule has 1 atom stereocenters. The summed E-state index contributed by atoms with van der Waals surface area (Å²) in [5.41, 5.74) is 3.60. The summed E-state index contributed by atoms with van der Waals surface area (Å²) in [6, 6.07) is 11.6. The minimum atomic E-state index is -0.307. The molecule has 0 saturated heterocycles. The Morgan fingerprint density at radius 3 is 2.59 bits per heavy atom. The molecule has 0 amide bonds. The van der Waals surface area contributed by atoms with Crippen LogP contribution in [0.15, 0.2) is 53.7 Å². The first-order valence-electron chi connectivity index (χ1n) is 11.0. The highest BCUT2D eigenvalue weighted by atomic mass is 32.1. The number of ketones is 1. The van der Waals surface area contributed by atoms with Crippen molar-refractivity contribution < 1.29 is 18.7 Å². The maximum Gasteiger partial charge on any atom is 0.173 e. The first-order valence-corrected chi connectivity index (χ1v) is 11.4. The van der Waals surface area contributed by atoms with Crippen molar-refractivity contribution in [2.45, 2.75) is 45.8 Å². The normalized spacial score (nSPS) is 18.3. The smallest absolute Gasteiger partial charge is 0.173 e. The molecule has 1 aliphatic carbocycles. The first kappa shape index (κ1) is 22.3. The molecule has 1 heterocycles. The Bertz CT molecular complexity index is 1050. The molecule has 168 valence electrons. The SMILES string of the molecule is CCOc1cc(C2NC(=S)N(CC)C3=C2C(=O)CCC3)ccc1OCc1ccc(F)cc1. The molecule has 32 heavy (non-hydrogen) atoms. The largest absolute Gasteiger partial charge is 0.490 e. The van der Waals surface area contributed by atoms with Gasteiger partial charge in [0.1, 0.15) is 12.4 Å². The number of allylic oxidation sites excluding steroid dienone is 1. The van der Waals surface area contributed by atoms with Gasteiger partial charge in [-0.05, 0) is 74.3 Å². The van der Waals surface area contributed by atoms with Gasteiger partial charge in [0.25, 0.3) is 0 Å². The Kier molecular flexibility index (Phi) is 6.74. The Balaban J connectivity index is 1.64. The van der Waals surface area contributed by atoms with Crippen LogP contribution in [0.5, 0.6) is 11.5 Å². The monoisotopic (exact) mass is 454 g/mol. The van der Waals surface area contributed by atoms with Gasteiger partial charge in [0, 0.05) is 24.2 Å². The summed E-state index contributed by atoms with van der Waals surface area (Å²) in [5, 5.41) is 4.00. The van der Waals surface area contributed by atoms with E-state index in [2.05, 4.69) is 5.32 Å². The molecular weight excluding hydrogens is 427 g/mol. The molecule has 0 radical (unpaired) electrons. The van der Waals surface area contributed by atoms with Gasteiger partial charge in [-0.15, -0.1) is 0 Å². The zero-order chi connectivity index (χ0) is 22.7. The summed E-state index contributed by atoms with van der Waals surface area (Å²) < 4.78 is 25.0. The number of hydrogen-bond donors (Lipinski definition) is 1. The quantitative estimate of drug-likeness (QED) is 0.590. The van der Waals surface area contributed by atoms with E-state index in [0.29, 0.717) is 36.2 Å². The molecule has 0 fully saturated rings. The molecule has 1 aliphatic heterocycles. The zero-order valence-electron chi connectivity index (χ0n) is 18.3. The van der Waals surface area contributed by atoms with E-state index in [0.717, 1.165) is 41.8 Å². The van der Waals surface area contributed by atoms with Crippen molar-refractivity contribution in [2.24, 2.45) is 0 Å². The maximum absolute atomic E-state index is 13.1. The van der Waals surface area contributed by atoms with E-state index in [-0.39, 0.29) is 17.6 Å². The van der Waals surface area contributed by atoms with Crippen LogP contribution in [0.2, 0.25) is 0 Å². The molecule has 0 saturated carbocycles.